The maximum atomic E-state index is 14.2. The van der Waals surface area contributed by atoms with Crippen molar-refractivity contribution in [3.8, 4) is 17.2 Å². The molecule has 1 unspecified atom stereocenters. The molecule has 0 bridgehead atoms. The molecule has 7 nitrogen and oxygen atoms in total. The van der Waals surface area contributed by atoms with Gasteiger partial charge in [0.15, 0.2) is 0 Å². The average molecular weight is 467 g/mol. The minimum absolute atomic E-state index is 0.0654. The molecule has 11 heteroatoms. The van der Waals surface area contributed by atoms with Crippen molar-refractivity contribution in [1.29, 1.82) is 10.7 Å². The van der Waals surface area contributed by atoms with Crippen molar-refractivity contribution < 1.29 is 17.6 Å². The molecule has 1 atom stereocenters. The molecule has 0 fully saturated rings. The van der Waals surface area contributed by atoms with Gasteiger partial charge in [0, 0.05) is 40.7 Å². The number of aromatic amines is 1. The van der Waals surface area contributed by atoms with E-state index in [0.717, 1.165) is 18.0 Å². The zero-order valence-electron chi connectivity index (χ0n) is 17.7. The molecule has 3 aromatic rings. The van der Waals surface area contributed by atoms with E-state index in [4.69, 9.17) is 11.1 Å². The normalized spacial score (nSPS) is 14.4. The molecule has 2 aromatic heterocycles. The Morgan fingerprint density at radius 3 is 2.50 bits per heavy atom. The average Bonchev–Trinajstić information content (AvgIpc) is 3.44. The fraction of sp³-hybridized carbons (Fsp3) is 0.174. The summed E-state index contributed by atoms with van der Waals surface area (Å²) in [6, 6.07) is 8.29. The van der Waals surface area contributed by atoms with E-state index in [-0.39, 0.29) is 28.9 Å². The lowest BCUT2D eigenvalue weighted by atomic mass is 9.92. The number of benzene rings is 1. The van der Waals surface area contributed by atoms with Gasteiger partial charge in [0.1, 0.15) is 17.7 Å². The van der Waals surface area contributed by atoms with Gasteiger partial charge in [0.2, 0.25) is 5.82 Å². The summed E-state index contributed by atoms with van der Waals surface area (Å²) in [7, 11) is 0. The molecule has 0 radical (unpaired) electrons. The second-order valence-electron chi connectivity index (χ2n) is 7.60. The molecular formula is C23H17F4N7. The van der Waals surface area contributed by atoms with Gasteiger partial charge in [0.05, 0.1) is 23.5 Å². The fourth-order valence-corrected chi connectivity index (χ4v) is 3.78. The van der Waals surface area contributed by atoms with Gasteiger partial charge in [-0.1, -0.05) is 19.1 Å². The molecule has 172 valence electrons. The number of aromatic nitrogens is 3. The lowest BCUT2D eigenvalue weighted by molar-refractivity contribution is -0.144. The quantitative estimate of drug-likeness (QED) is 0.293. The molecule has 0 spiro atoms. The number of halogens is 4. The Hall–Kier alpha value is -4.33. The number of nitrogen functional groups attached to an aromatic ring is 1. The van der Waals surface area contributed by atoms with Crippen LogP contribution in [0.4, 0.5) is 17.6 Å². The molecule has 0 saturated heterocycles. The monoisotopic (exact) mass is 467 g/mol. The van der Waals surface area contributed by atoms with Crippen molar-refractivity contribution in [2.24, 2.45) is 10.7 Å². The van der Waals surface area contributed by atoms with Gasteiger partial charge < -0.3 is 10.7 Å². The van der Waals surface area contributed by atoms with Crippen LogP contribution in [0.3, 0.4) is 0 Å². The van der Waals surface area contributed by atoms with Crippen molar-refractivity contribution in [3.63, 3.8) is 0 Å². The van der Waals surface area contributed by atoms with Gasteiger partial charge in [-0.05, 0) is 23.8 Å². The van der Waals surface area contributed by atoms with Crippen LogP contribution in [0.25, 0.3) is 11.1 Å². The van der Waals surface area contributed by atoms with Crippen LogP contribution in [0.2, 0.25) is 0 Å². The van der Waals surface area contributed by atoms with Gasteiger partial charge in [-0.3, -0.25) is 10.4 Å². The molecule has 3 heterocycles. The summed E-state index contributed by atoms with van der Waals surface area (Å²) in [4.78, 5) is 14.1. The third-order valence-electron chi connectivity index (χ3n) is 5.50. The first-order chi connectivity index (χ1) is 16.1. The summed E-state index contributed by atoms with van der Waals surface area (Å²) < 4.78 is 52.7. The van der Waals surface area contributed by atoms with Gasteiger partial charge in [-0.15, -0.1) is 0 Å². The summed E-state index contributed by atoms with van der Waals surface area (Å²) in [5, 5.41) is 17.8. The standard InChI is InChI=1S/C23H17F4N7/c1-11(12-6-17(31-8-12)14-4-2-3-5-16(14)24)19-15(7-28)18(20(34-19)21(29)30)13-9-32-22(33-10-13)23(25,26)27/h2-6,9-11,34H,8H2,1H3,(H3,29,30). The van der Waals surface area contributed by atoms with Crippen LogP contribution in [-0.2, 0) is 6.18 Å². The number of nitrogens with two attached hydrogens (primary N) is 1. The molecule has 1 aromatic carbocycles. The maximum Gasteiger partial charge on any atom is 0.451 e. The van der Waals surface area contributed by atoms with E-state index in [0.29, 0.717) is 17.0 Å². The van der Waals surface area contributed by atoms with Gasteiger partial charge in [-0.2, -0.15) is 18.4 Å². The van der Waals surface area contributed by atoms with Gasteiger partial charge in [-0.25, -0.2) is 14.4 Å². The van der Waals surface area contributed by atoms with Crippen molar-refractivity contribution in [3.05, 3.63) is 82.5 Å². The zero-order valence-corrected chi connectivity index (χ0v) is 17.7. The Bertz CT molecular complexity index is 1380. The number of H-pyrrole nitrogens is 1. The molecule has 34 heavy (non-hydrogen) atoms. The SMILES string of the molecule is CC(C1=CC(c2ccccc2F)=NC1)c1[nH]c(C(=N)N)c(-c2cnc(C(F)(F)F)nc2)c1C#N. The third-order valence-corrected chi connectivity index (χ3v) is 5.50. The van der Waals surface area contributed by atoms with E-state index < -0.39 is 29.6 Å². The molecule has 1 aliphatic rings. The van der Waals surface area contributed by atoms with Crippen molar-refractivity contribution in [1.82, 2.24) is 15.0 Å². The first-order valence-electron chi connectivity index (χ1n) is 10.0. The minimum atomic E-state index is -4.72. The Balaban J connectivity index is 1.76. The maximum absolute atomic E-state index is 14.2. The molecule has 4 N–H and O–H groups in total. The van der Waals surface area contributed by atoms with Gasteiger partial charge >= 0.3 is 6.18 Å². The first-order valence-corrected chi connectivity index (χ1v) is 10.0. The number of nitrogens with one attached hydrogen (secondary N) is 2. The van der Waals surface area contributed by atoms with E-state index in [9.17, 15) is 22.8 Å². The number of alkyl halides is 3. The molecular weight excluding hydrogens is 450 g/mol. The van der Waals surface area contributed by atoms with Crippen molar-refractivity contribution >= 4 is 11.5 Å². The molecule has 1 aliphatic heterocycles. The second kappa shape index (κ2) is 8.55. The summed E-state index contributed by atoms with van der Waals surface area (Å²) >= 11 is 0. The number of aliphatic imine (C=N–C) groups is 1. The smallest absolute Gasteiger partial charge is 0.382 e. The van der Waals surface area contributed by atoms with Crippen LogP contribution in [0, 0.1) is 22.6 Å². The van der Waals surface area contributed by atoms with Crippen LogP contribution >= 0.6 is 0 Å². The number of hydrogen-bond acceptors (Lipinski definition) is 5. The molecule has 0 saturated carbocycles. The number of hydrogen-bond donors (Lipinski definition) is 3. The van der Waals surface area contributed by atoms with E-state index >= 15 is 0 Å². The highest BCUT2D eigenvalue weighted by atomic mass is 19.4. The van der Waals surface area contributed by atoms with Crippen molar-refractivity contribution in [2.75, 3.05) is 6.54 Å². The Kier molecular flexibility index (Phi) is 5.75. The predicted octanol–water partition coefficient (Wildman–Crippen LogP) is 4.32. The highest BCUT2D eigenvalue weighted by molar-refractivity contribution is 6.10. The molecule has 0 aliphatic carbocycles. The number of allylic oxidation sites excluding steroid dienone is 1. The largest absolute Gasteiger partial charge is 0.451 e. The van der Waals surface area contributed by atoms with Crippen LogP contribution in [-0.4, -0.2) is 33.0 Å². The minimum Gasteiger partial charge on any atom is -0.382 e. The zero-order chi connectivity index (χ0) is 24.6. The molecule has 4 rings (SSSR count). The second-order valence-corrected chi connectivity index (χ2v) is 7.60. The highest BCUT2D eigenvalue weighted by Crippen LogP contribution is 2.37. The Morgan fingerprint density at radius 1 is 1.24 bits per heavy atom. The van der Waals surface area contributed by atoms with Gasteiger partial charge in [0.25, 0.3) is 0 Å². The first kappa shape index (κ1) is 22.8. The van der Waals surface area contributed by atoms with Crippen LogP contribution < -0.4 is 5.73 Å². The van der Waals surface area contributed by atoms with E-state index in [2.05, 4.69) is 26.0 Å². The predicted molar refractivity (Wildman–Crippen MR) is 117 cm³/mol. The number of amidine groups is 1. The lowest BCUT2D eigenvalue weighted by Crippen LogP contribution is -2.14. The number of nitriles is 1. The highest BCUT2D eigenvalue weighted by Gasteiger charge is 2.35. The fourth-order valence-electron chi connectivity index (χ4n) is 3.78. The van der Waals surface area contributed by atoms with E-state index in [1.165, 1.54) is 6.07 Å². The summed E-state index contributed by atoms with van der Waals surface area (Å²) in [6.07, 6.45) is -1.11. The topological polar surface area (TPSA) is 128 Å². The third kappa shape index (κ3) is 4.05. The Morgan fingerprint density at radius 2 is 1.91 bits per heavy atom. The van der Waals surface area contributed by atoms with E-state index in [1.807, 2.05) is 0 Å². The van der Waals surface area contributed by atoms with E-state index in [1.54, 1.807) is 31.2 Å². The van der Waals surface area contributed by atoms with Crippen LogP contribution in [0.15, 0.2) is 53.3 Å². The van der Waals surface area contributed by atoms with Crippen LogP contribution in [0.1, 0.15) is 41.2 Å². The summed E-state index contributed by atoms with van der Waals surface area (Å²) in [5.41, 5.74) is 8.10. The summed E-state index contributed by atoms with van der Waals surface area (Å²) in [5.74, 6) is -2.55. The number of nitrogens with zero attached hydrogens (tertiary/aromatic N) is 4. The van der Waals surface area contributed by atoms with Crippen molar-refractivity contribution in [2.45, 2.75) is 19.0 Å². The van der Waals surface area contributed by atoms with Crippen LogP contribution in [0.5, 0.6) is 0 Å². The molecule has 0 amide bonds. The lowest BCUT2D eigenvalue weighted by Gasteiger charge is -2.11. The summed E-state index contributed by atoms with van der Waals surface area (Å²) in [6.45, 7) is 2.07. The number of rotatable bonds is 5. The Labute approximate surface area is 191 Å².